The van der Waals surface area contributed by atoms with Crippen LogP contribution < -0.4 is 4.90 Å². The quantitative estimate of drug-likeness (QED) is 0.145. The summed E-state index contributed by atoms with van der Waals surface area (Å²) in [5, 5.41) is 12.3. The van der Waals surface area contributed by atoms with Crippen LogP contribution in [0, 0.1) is 0 Å². The Kier molecular flexibility index (Phi) is 8.89. The second kappa shape index (κ2) is 15.5. The molecule has 1 heterocycles. The average Bonchev–Trinajstić information content (AvgIpc) is 3.74. The van der Waals surface area contributed by atoms with Crippen LogP contribution in [-0.2, 0) is 0 Å². The molecule has 2 heteroatoms. The van der Waals surface area contributed by atoms with Crippen molar-refractivity contribution in [3.8, 4) is 39.1 Å². The van der Waals surface area contributed by atoms with Gasteiger partial charge in [-0.25, -0.2) is 0 Å². The van der Waals surface area contributed by atoms with Crippen LogP contribution in [0.3, 0.4) is 0 Å². The molecule has 1 aromatic heterocycles. The Balaban J connectivity index is 1.11. The number of aromatic nitrogens is 1. The molecule has 66 heavy (non-hydrogen) atoms. The minimum absolute atomic E-state index is 1.10. The molecule has 13 rings (SSSR count). The maximum absolute atomic E-state index is 2.51. The summed E-state index contributed by atoms with van der Waals surface area (Å²) in [5.74, 6) is 0. The van der Waals surface area contributed by atoms with Crippen LogP contribution in [0.2, 0.25) is 0 Å². The molecular weight excluding hydrogens is 797 g/mol. The molecule has 308 valence electrons. The topological polar surface area (TPSA) is 8.17 Å². The molecule has 0 amide bonds. The zero-order chi connectivity index (χ0) is 43.6. The van der Waals surface area contributed by atoms with E-state index in [9.17, 15) is 0 Å². The lowest BCUT2D eigenvalue weighted by Gasteiger charge is -2.31. The maximum atomic E-state index is 2.51. The summed E-state index contributed by atoms with van der Waals surface area (Å²) >= 11 is 0. The summed E-state index contributed by atoms with van der Waals surface area (Å²) in [7, 11) is 0. The van der Waals surface area contributed by atoms with Crippen molar-refractivity contribution in [3.63, 3.8) is 0 Å². The first-order valence-corrected chi connectivity index (χ1v) is 22.8. The zero-order valence-electron chi connectivity index (χ0n) is 36.1. The fourth-order valence-corrected chi connectivity index (χ4v) is 10.8. The van der Waals surface area contributed by atoms with Crippen molar-refractivity contribution in [1.82, 2.24) is 4.57 Å². The van der Waals surface area contributed by atoms with Gasteiger partial charge in [0.25, 0.3) is 0 Å². The maximum Gasteiger partial charge on any atom is 0.0619 e. The Morgan fingerprint density at radius 3 is 1.47 bits per heavy atom. The van der Waals surface area contributed by atoms with Crippen molar-refractivity contribution >= 4 is 82.0 Å². The molecule has 13 aromatic rings. The van der Waals surface area contributed by atoms with Crippen LogP contribution in [0.4, 0.5) is 17.1 Å². The summed E-state index contributed by atoms with van der Waals surface area (Å²) in [5.41, 5.74) is 14.1. The standard InChI is InChI=1S/C64H42N2/c1-4-22-44(23-5-1)61-53-32-12-14-34-55(53)64(56-35-15-13-33-54(56)61)66(47-28-8-3-9-29-47)57-39-17-16-31-49(57)50-36-18-24-45-25-19-37-51(60(45)50)52-38-20-40-58-63(52)62-48-30-11-10-21-43(48)41-42-59(62)65(58)46-26-6-2-7-27-46/h1-42H. The van der Waals surface area contributed by atoms with Gasteiger partial charge < -0.3 is 9.47 Å². The highest BCUT2D eigenvalue weighted by molar-refractivity contribution is 6.27. The first-order chi connectivity index (χ1) is 32.8. The minimum Gasteiger partial charge on any atom is -0.309 e. The monoisotopic (exact) mass is 838 g/mol. The van der Waals surface area contributed by atoms with Gasteiger partial charge in [0.15, 0.2) is 0 Å². The van der Waals surface area contributed by atoms with E-state index < -0.39 is 0 Å². The van der Waals surface area contributed by atoms with E-state index in [1.807, 2.05) is 0 Å². The van der Waals surface area contributed by atoms with E-state index in [0.29, 0.717) is 0 Å². The summed E-state index contributed by atoms with van der Waals surface area (Å²) < 4.78 is 2.44. The zero-order valence-corrected chi connectivity index (χ0v) is 36.1. The van der Waals surface area contributed by atoms with Crippen LogP contribution in [-0.4, -0.2) is 4.57 Å². The summed E-state index contributed by atoms with van der Waals surface area (Å²) in [4.78, 5) is 2.51. The van der Waals surface area contributed by atoms with Crippen molar-refractivity contribution in [2.45, 2.75) is 0 Å². The van der Waals surface area contributed by atoms with Crippen molar-refractivity contribution in [1.29, 1.82) is 0 Å². The first-order valence-electron chi connectivity index (χ1n) is 22.8. The third-order valence-corrected chi connectivity index (χ3v) is 13.5. The summed E-state index contributed by atoms with van der Waals surface area (Å²) in [6, 6.07) is 93.3. The van der Waals surface area contributed by atoms with Crippen molar-refractivity contribution in [3.05, 3.63) is 255 Å². The van der Waals surface area contributed by atoms with Gasteiger partial charge in [-0.15, -0.1) is 0 Å². The molecule has 0 radical (unpaired) electrons. The number of rotatable bonds is 7. The lowest BCUT2D eigenvalue weighted by atomic mass is 9.88. The molecule has 2 nitrogen and oxygen atoms in total. The molecule has 0 saturated heterocycles. The fourth-order valence-electron chi connectivity index (χ4n) is 10.8. The van der Waals surface area contributed by atoms with Gasteiger partial charge in [0, 0.05) is 38.5 Å². The lowest BCUT2D eigenvalue weighted by Crippen LogP contribution is -2.12. The van der Waals surface area contributed by atoms with Gasteiger partial charge in [-0.2, -0.15) is 0 Å². The number of fused-ring (bicyclic) bond motifs is 8. The summed E-state index contributed by atoms with van der Waals surface area (Å²) in [6.45, 7) is 0. The Labute approximate surface area is 383 Å². The Bertz CT molecular complexity index is 3920. The van der Waals surface area contributed by atoms with Crippen molar-refractivity contribution in [2.24, 2.45) is 0 Å². The van der Waals surface area contributed by atoms with Gasteiger partial charge in [0.1, 0.15) is 0 Å². The third-order valence-electron chi connectivity index (χ3n) is 13.5. The second-order valence-corrected chi connectivity index (χ2v) is 17.1. The van der Waals surface area contributed by atoms with Crippen LogP contribution >= 0.6 is 0 Å². The molecule has 0 bridgehead atoms. The normalized spacial score (nSPS) is 11.6. The number of benzene rings is 12. The van der Waals surface area contributed by atoms with E-state index in [1.165, 1.54) is 92.7 Å². The Morgan fingerprint density at radius 2 is 0.773 bits per heavy atom. The highest BCUT2D eigenvalue weighted by Crippen LogP contribution is 2.52. The van der Waals surface area contributed by atoms with E-state index in [0.717, 1.165) is 28.3 Å². The SMILES string of the molecule is c1ccc(-c2c3ccccc3c(N(c3ccccc3)c3ccccc3-c3cccc4cccc(-c5cccc6c5c5c7ccccc7ccc5n6-c5ccccc5)c34)c3ccccc23)cc1. The molecule has 0 N–H and O–H groups in total. The predicted molar refractivity (Wildman–Crippen MR) is 282 cm³/mol. The smallest absolute Gasteiger partial charge is 0.0619 e. The van der Waals surface area contributed by atoms with Gasteiger partial charge >= 0.3 is 0 Å². The number of hydrogen-bond acceptors (Lipinski definition) is 1. The van der Waals surface area contributed by atoms with E-state index in [4.69, 9.17) is 0 Å². The number of hydrogen-bond donors (Lipinski definition) is 0. The average molecular weight is 839 g/mol. The van der Waals surface area contributed by atoms with Crippen molar-refractivity contribution in [2.75, 3.05) is 4.90 Å². The van der Waals surface area contributed by atoms with E-state index in [-0.39, 0.29) is 0 Å². The fraction of sp³-hybridized carbons (Fsp3) is 0. The van der Waals surface area contributed by atoms with E-state index >= 15 is 0 Å². The van der Waals surface area contributed by atoms with Crippen LogP contribution in [0.25, 0.3) is 104 Å². The molecule has 0 fully saturated rings. The molecule has 0 aliphatic rings. The summed E-state index contributed by atoms with van der Waals surface area (Å²) in [6.07, 6.45) is 0. The van der Waals surface area contributed by atoms with Crippen LogP contribution in [0.15, 0.2) is 255 Å². The lowest BCUT2D eigenvalue weighted by molar-refractivity contribution is 1.18. The molecule has 0 unspecified atom stereocenters. The van der Waals surface area contributed by atoms with Crippen LogP contribution in [0.1, 0.15) is 0 Å². The molecule has 0 saturated carbocycles. The van der Waals surface area contributed by atoms with Gasteiger partial charge in [-0.1, -0.05) is 212 Å². The van der Waals surface area contributed by atoms with E-state index in [2.05, 4.69) is 264 Å². The number of nitrogens with zero attached hydrogens (tertiary/aromatic N) is 2. The number of anilines is 3. The highest BCUT2D eigenvalue weighted by atomic mass is 15.1. The Morgan fingerprint density at radius 1 is 0.288 bits per heavy atom. The Hall–Kier alpha value is -8.72. The van der Waals surface area contributed by atoms with Gasteiger partial charge in [-0.3, -0.25) is 0 Å². The molecule has 0 atom stereocenters. The minimum atomic E-state index is 1.10. The van der Waals surface area contributed by atoms with Gasteiger partial charge in [-0.05, 0) is 103 Å². The first kappa shape index (κ1) is 37.8. The van der Waals surface area contributed by atoms with Crippen LogP contribution in [0.5, 0.6) is 0 Å². The molecule has 0 spiro atoms. The second-order valence-electron chi connectivity index (χ2n) is 17.1. The van der Waals surface area contributed by atoms with E-state index in [1.54, 1.807) is 0 Å². The molecule has 12 aromatic carbocycles. The predicted octanol–water partition coefficient (Wildman–Crippen LogP) is 17.9. The number of para-hydroxylation sites is 3. The molecule has 0 aliphatic carbocycles. The van der Waals surface area contributed by atoms with Gasteiger partial charge in [0.05, 0.1) is 22.4 Å². The van der Waals surface area contributed by atoms with Gasteiger partial charge in [0.2, 0.25) is 0 Å². The molecule has 0 aliphatic heterocycles. The van der Waals surface area contributed by atoms with Crippen molar-refractivity contribution < 1.29 is 0 Å². The highest BCUT2D eigenvalue weighted by Gasteiger charge is 2.26. The third kappa shape index (κ3) is 5.89. The largest absolute Gasteiger partial charge is 0.309 e. The molecular formula is C64H42N2.